The minimum Gasteiger partial charge on any atom is -0.122 e. The zero-order chi connectivity index (χ0) is 4.24. The highest BCUT2D eigenvalue weighted by molar-refractivity contribution is 4.29. The minimum absolute atomic E-state index is 2.14. The summed E-state index contributed by atoms with van der Waals surface area (Å²) in [5.74, 6) is 0. The highest BCUT2D eigenvalue weighted by Crippen LogP contribution is 1.46. The number of nitrogens with zero attached hydrogens (tertiary/aromatic N) is 4. The lowest BCUT2D eigenvalue weighted by atomic mass is 11.3. The van der Waals surface area contributed by atoms with Crippen LogP contribution in [0.25, 0.3) is 0 Å². The first-order valence-electron chi connectivity index (χ1n) is 1.29. The molecule has 0 aliphatic carbocycles. The summed E-state index contributed by atoms with van der Waals surface area (Å²) in [6.45, 7) is 0. The lowest BCUT2D eigenvalue weighted by Crippen LogP contribution is -1.83. The van der Waals surface area contributed by atoms with Gasteiger partial charge in [-0.2, -0.15) is 0 Å². The van der Waals surface area contributed by atoms with E-state index in [1.807, 2.05) is 0 Å². The highest BCUT2D eigenvalue weighted by atomic mass is 15.2. The molecule has 0 aromatic carbocycles. The third-order valence-electron chi connectivity index (χ3n) is 0.279. The van der Waals surface area contributed by atoms with Crippen LogP contribution in [0, 0.1) is 12.7 Å². The standard InChI is InChI=1S/C2N4/c1-3-5-2-6-4-1. The molecule has 0 N–H and O–H groups in total. The third-order valence-corrected chi connectivity index (χ3v) is 0.279. The van der Waals surface area contributed by atoms with Crippen LogP contribution >= 0.6 is 0 Å². The molecule has 1 aromatic heterocycles. The Bertz CT molecular complexity index is 77.5. The number of aromatic nitrogens is 4. The van der Waals surface area contributed by atoms with E-state index in [4.69, 9.17) is 0 Å². The third kappa shape index (κ3) is 0.453. The summed E-state index contributed by atoms with van der Waals surface area (Å²) in [6.07, 6.45) is 4.28. The molecule has 4 heteroatoms. The van der Waals surface area contributed by atoms with E-state index in [0.29, 0.717) is 0 Å². The van der Waals surface area contributed by atoms with Crippen molar-refractivity contribution in [1.29, 1.82) is 0 Å². The van der Waals surface area contributed by atoms with Crippen molar-refractivity contribution in [3.8, 4) is 0 Å². The van der Waals surface area contributed by atoms with E-state index in [1.54, 1.807) is 0 Å². The number of hydrogen-bond donors (Lipinski definition) is 0. The molecule has 2 radical (unpaired) electrons. The van der Waals surface area contributed by atoms with Gasteiger partial charge in [-0.25, -0.2) is 0 Å². The fraction of sp³-hybridized carbons (Fsp3) is 0. The van der Waals surface area contributed by atoms with E-state index in [9.17, 15) is 0 Å². The van der Waals surface area contributed by atoms with Gasteiger partial charge < -0.3 is 0 Å². The Morgan fingerprint density at radius 1 is 0.667 bits per heavy atom. The Morgan fingerprint density at radius 3 is 1.17 bits per heavy atom. The molecular weight excluding hydrogens is 80.1 g/mol. The van der Waals surface area contributed by atoms with Crippen LogP contribution in [0.2, 0.25) is 0 Å². The van der Waals surface area contributed by atoms with Crippen molar-refractivity contribution in [1.82, 2.24) is 20.4 Å². The van der Waals surface area contributed by atoms with Crippen LogP contribution in [0.5, 0.6) is 0 Å². The lowest BCUT2D eigenvalue weighted by Gasteiger charge is -1.64. The van der Waals surface area contributed by atoms with Crippen molar-refractivity contribution in [2.45, 2.75) is 0 Å². The molecule has 6 heavy (non-hydrogen) atoms. The molecule has 0 aliphatic heterocycles. The molecule has 4 nitrogen and oxygen atoms in total. The molecule has 28 valence electrons. The molecule has 1 aromatic rings. The molecule has 0 bridgehead atoms. The molecule has 1 rings (SSSR count). The normalized spacial score (nSPS) is 8.00. The first-order chi connectivity index (χ1) is 3.00. The van der Waals surface area contributed by atoms with Crippen LogP contribution in [0.4, 0.5) is 0 Å². The first kappa shape index (κ1) is 3.14. The quantitative estimate of drug-likeness (QED) is 0.395. The Labute approximate surface area is 34.2 Å². The van der Waals surface area contributed by atoms with Crippen LogP contribution in [-0.2, 0) is 0 Å². The molecular formula is C2N4. The van der Waals surface area contributed by atoms with Crippen molar-refractivity contribution in [3.05, 3.63) is 12.7 Å². The summed E-state index contributed by atoms with van der Waals surface area (Å²) < 4.78 is 0. The van der Waals surface area contributed by atoms with Gasteiger partial charge in [0.25, 0.3) is 0 Å². The average Bonchev–Trinajstić information content (AvgIpc) is 1.72. The summed E-state index contributed by atoms with van der Waals surface area (Å²) in [6, 6.07) is 0. The van der Waals surface area contributed by atoms with Crippen molar-refractivity contribution in [2.75, 3.05) is 0 Å². The van der Waals surface area contributed by atoms with Crippen molar-refractivity contribution < 1.29 is 0 Å². The summed E-state index contributed by atoms with van der Waals surface area (Å²) in [4.78, 5) is 0. The van der Waals surface area contributed by atoms with Gasteiger partial charge in [-0.3, -0.25) is 0 Å². The maximum atomic E-state index is 3.18. The predicted molar refractivity (Wildman–Crippen MR) is 15.3 cm³/mol. The molecule has 1 heterocycles. The van der Waals surface area contributed by atoms with Gasteiger partial charge in [0.15, 0.2) is 0 Å². The Balaban J connectivity index is 3.00. The molecule has 0 aliphatic rings. The Kier molecular flexibility index (Phi) is 0.731. The summed E-state index contributed by atoms with van der Waals surface area (Å²) in [5, 5.41) is 12.7. The number of rotatable bonds is 0. The van der Waals surface area contributed by atoms with Crippen LogP contribution < -0.4 is 0 Å². The van der Waals surface area contributed by atoms with Gasteiger partial charge in [0.05, 0.1) is 0 Å². The topological polar surface area (TPSA) is 51.6 Å². The van der Waals surface area contributed by atoms with Gasteiger partial charge in [-0.15, -0.1) is 20.4 Å². The minimum atomic E-state index is 2.14. The second-order valence-electron chi connectivity index (χ2n) is 0.600. The second kappa shape index (κ2) is 1.40. The van der Waals surface area contributed by atoms with Crippen LogP contribution in [0.3, 0.4) is 0 Å². The predicted octanol–water partition coefficient (Wildman–Crippen LogP) is -1.13. The monoisotopic (exact) mass is 80.0 g/mol. The SMILES string of the molecule is [c]1nn[c]nn1. The fourth-order valence-electron chi connectivity index (χ4n) is 0.129. The van der Waals surface area contributed by atoms with E-state index < -0.39 is 0 Å². The van der Waals surface area contributed by atoms with Gasteiger partial charge in [-0.1, -0.05) is 0 Å². The van der Waals surface area contributed by atoms with Crippen molar-refractivity contribution >= 4 is 0 Å². The van der Waals surface area contributed by atoms with Gasteiger partial charge in [0.1, 0.15) is 0 Å². The zero-order valence-corrected chi connectivity index (χ0v) is 2.79. The maximum Gasteiger partial charge on any atom is 0.244 e. The van der Waals surface area contributed by atoms with Crippen molar-refractivity contribution in [3.63, 3.8) is 0 Å². The maximum absolute atomic E-state index is 3.18. The molecule has 0 fully saturated rings. The summed E-state index contributed by atoms with van der Waals surface area (Å²) in [7, 11) is 0. The Morgan fingerprint density at radius 2 is 1.00 bits per heavy atom. The molecule has 0 saturated carbocycles. The van der Waals surface area contributed by atoms with E-state index in [0.717, 1.165) is 0 Å². The fourth-order valence-corrected chi connectivity index (χ4v) is 0.129. The number of hydrogen-bond acceptors (Lipinski definition) is 4. The van der Waals surface area contributed by atoms with Crippen molar-refractivity contribution in [2.24, 2.45) is 0 Å². The molecule has 0 amide bonds. The van der Waals surface area contributed by atoms with Crippen LogP contribution in [0.15, 0.2) is 0 Å². The zero-order valence-electron chi connectivity index (χ0n) is 2.79. The molecule has 0 unspecified atom stereocenters. The molecule has 0 atom stereocenters. The Hall–Kier alpha value is -1.06. The van der Waals surface area contributed by atoms with Gasteiger partial charge in [0.2, 0.25) is 12.7 Å². The van der Waals surface area contributed by atoms with E-state index in [2.05, 4.69) is 33.0 Å². The van der Waals surface area contributed by atoms with Gasteiger partial charge >= 0.3 is 0 Å². The van der Waals surface area contributed by atoms with Gasteiger partial charge in [0, 0.05) is 0 Å². The average molecular weight is 80.1 g/mol. The van der Waals surface area contributed by atoms with E-state index >= 15 is 0 Å². The van der Waals surface area contributed by atoms with E-state index in [-0.39, 0.29) is 0 Å². The van der Waals surface area contributed by atoms with E-state index in [1.165, 1.54) is 0 Å². The van der Waals surface area contributed by atoms with Crippen LogP contribution in [0.1, 0.15) is 0 Å². The highest BCUT2D eigenvalue weighted by Gasteiger charge is 1.65. The largest absolute Gasteiger partial charge is 0.244 e. The summed E-state index contributed by atoms with van der Waals surface area (Å²) >= 11 is 0. The first-order valence-corrected chi connectivity index (χ1v) is 1.29. The van der Waals surface area contributed by atoms with Crippen LogP contribution in [-0.4, -0.2) is 20.4 Å². The smallest absolute Gasteiger partial charge is 0.122 e. The molecule has 0 saturated heterocycles. The lowest BCUT2D eigenvalue weighted by molar-refractivity contribution is 0.833. The van der Waals surface area contributed by atoms with Gasteiger partial charge in [-0.05, 0) is 0 Å². The second-order valence-corrected chi connectivity index (χ2v) is 0.600. The molecule has 0 spiro atoms. The summed E-state index contributed by atoms with van der Waals surface area (Å²) in [5.41, 5.74) is 0.